The fourth-order valence-electron chi connectivity index (χ4n) is 3.18. The molecule has 0 saturated heterocycles. The fraction of sp³-hybridized carbons (Fsp3) is 0.100. The van der Waals surface area contributed by atoms with E-state index < -0.39 is 23.5 Å². The fourth-order valence-corrected chi connectivity index (χ4v) is 3.18. The lowest BCUT2D eigenvalue weighted by Crippen LogP contribution is -2.16. The number of methoxy groups -OCH3 is 1. The van der Waals surface area contributed by atoms with Gasteiger partial charge in [-0.25, -0.2) is 27.9 Å². The van der Waals surface area contributed by atoms with E-state index in [9.17, 15) is 18.0 Å². The molecule has 4 rings (SSSR count). The van der Waals surface area contributed by atoms with Crippen LogP contribution in [-0.2, 0) is 11.3 Å². The van der Waals surface area contributed by atoms with E-state index in [4.69, 9.17) is 11.5 Å². The molecule has 2 aromatic heterocycles. The molecule has 12 heteroatoms. The molecule has 0 atom stereocenters. The van der Waals surface area contributed by atoms with Crippen LogP contribution in [0, 0.1) is 17.5 Å². The molecular weight excluding hydrogens is 427 g/mol. The largest absolute Gasteiger partial charge is 0.453 e. The van der Waals surface area contributed by atoms with Gasteiger partial charge < -0.3 is 16.2 Å². The van der Waals surface area contributed by atoms with Gasteiger partial charge in [-0.1, -0.05) is 18.2 Å². The van der Waals surface area contributed by atoms with Crippen molar-refractivity contribution in [3.63, 3.8) is 0 Å². The molecule has 4 aromatic rings. The second-order valence-corrected chi connectivity index (χ2v) is 6.69. The van der Waals surface area contributed by atoms with Crippen LogP contribution in [0.1, 0.15) is 5.56 Å². The number of rotatable bonds is 4. The number of nitrogens with two attached hydrogens (primary N) is 2. The first-order chi connectivity index (χ1) is 15.3. The topological polar surface area (TPSA) is 134 Å². The standard InChI is InChI=1S/C20H16F3N7O2/c1-32-20(31)26-15-17(24)27-19(28-18(15)25)14-11-6-10(21)7-13(23)16(11)30(29-14)8-9-4-2-3-5-12(9)22/h2-7H,8H2,1H3,(H,26,31)(H4,24,25,27,28). The number of nitrogens with one attached hydrogen (secondary N) is 1. The summed E-state index contributed by atoms with van der Waals surface area (Å²) in [5, 5.41) is 6.60. The number of amides is 1. The molecule has 32 heavy (non-hydrogen) atoms. The van der Waals surface area contributed by atoms with E-state index in [0.717, 1.165) is 13.2 Å². The van der Waals surface area contributed by atoms with Gasteiger partial charge in [0.05, 0.1) is 13.7 Å². The van der Waals surface area contributed by atoms with Gasteiger partial charge >= 0.3 is 6.09 Å². The van der Waals surface area contributed by atoms with E-state index in [1.165, 1.54) is 22.9 Å². The highest BCUT2D eigenvalue weighted by Crippen LogP contribution is 2.32. The maximum Gasteiger partial charge on any atom is 0.411 e. The molecule has 164 valence electrons. The van der Waals surface area contributed by atoms with Gasteiger partial charge in [0.25, 0.3) is 0 Å². The van der Waals surface area contributed by atoms with Gasteiger partial charge in [-0.2, -0.15) is 5.10 Å². The zero-order valence-corrected chi connectivity index (χ0v) is 16.6. The Labute approximate surface area is 178 Å². The van der Waals surface area contributed by atoms with Gasteiger partial charge in [0.1, 0.15) is 28.5 Å². The third-order valence-electron chi connectivity index (χ3n) is 4.63. The number of nitrogens with zero attached hydrogens (tertiary/aromatic N) is 4. The van der Waals surface area contributed by atoms with E-state index in [2.05, 4.69) is 25.1 Å². The first-order valence-electron chi connectivity index (χ1n) is 9.15. The first kappa shape index (κ1) is 20.9. The summed E-state index contributed by atoms with van der Waals surface area (Å²) in [6.07, 6.45) is -0.844. The molecule has 2 aromatic carbocycles. The van der Waals surface area contributed by atoms with Crippen molar-refractivity contribution in [2.24, 2.45) is 0 Å². The highest BCUT2D eigenvalue weighted by molar-refractivity contribution is 5.95. The number of nitrogen functional groups attached to an aromatic ring is 2. The second kappa shape index (κ2) is 8.06. The van der Waals surface area contributed by atoms with Gasteiger partial charge in [0.2, 0.25) is 0 Å². The minimum Gasteiger partial charge on any atom is -0.453 e. The molecule has 0 bridgehead atoms. The van der Waals surface area contributed by atoms with Crippen LogP contribution in [0.4, 0.5) is 35.3 Å². The Morgan fingerprint density at radius 3 is 2.44 bits per heavy atom. The average Bonchev–Trinajstić information content (AvgIpc) is 3.10. The smallest absolute Gasteiger partial charge is 0.411 e. The Kier molecular flexibility index (Phi) is 5.26. The van der Waals surface area contributed by atoms with E-state index in [0.29, 0.717) is 6.07 Å². The monoisotopic (exact) mass is 443 g/mol. The van der Waals surface area contributed by atoms with Crippen LogP contribution >= 0.6 is 0 Å². The van der Waals surface area contributed by atoms with Crippen LogP contribution in [0.3, 0.4) is 0 Å². The number of anilines is 3. The Morgan fingerprint density at radius 1 is 1.09 bits per heavy atom. The summed E-state index contributed by atoms with van der Waals surface area (Å²) in [5.74, 6) is -2.84. The molecule has 9 nitrogen and oxygen atoms in total. The normalized spacial score (nSPS) is 11.0. The van der Waals surface area contributed by atoms with Crippen molar-refractivity contribution in [3.05, 3.63) is 59.4 Å². The molecule has 1 amide bonds. The average molecular weight is 443 g/mol. The summed E-state index contributed by atoms with van der Waals surface area (Å²) in [4.78, 5) is 19.6. The number of halogens is 3. The predicted octanol–water partition coefficient (Wildman–Crippen LogP) is 3.30. The molecule has 0 fully saturated rings. The van der Waals surface area contributed by atoms with Crippen molar-refractivity contribution in [1.82, 2.24) is 19.7 Å². The number of hydrogen-bond donors (Lipinski definition) is 3. The molecule has 0 aliphatic heterocycles. The van der Waals surface area contributed by atoms with Gasteiger partial charge in [-0.05, 0) is 12.1 Å². The summed E-state index contributed by atoms with van der Waals surface area (Å²) in [6.45, 7) is -0.140. The third kappa shape index (κ3) is 3.73. The van der Waals surface area contributed by atoms with Crippen molar-refractivity contribution in [3.8, 4) is 11.5 Å². The first-order valence-corrected chi connectivity index (χ1v) is 9.15. The minimum atomic E-state index is -0.903. The van der Waals surface area contributed by atoms with Gasteiger partial charge in [0.15, 0.2) is 23.3 Å². The zero-order chi connectivity index (χ0) is 23.0. The van der Waals surface area contributed by atoms with Gasteiger partial charge in [0, 0.05) is 17.0 Å². The summed E-state index contributed by atoms with van der Waals surface area (Å²) >= 11 is 0. The zero-order valence-electron chi connectivity index (χ0n) is 16.6. The number of aromatic nitrogens is 4. The molecule has 0 spiro atoms. The number of ether oxygens (including phenoxy) is 1. The van der Waals surface area contributed by atoms with Crippen molar-refractivity contribution < 1.29 is 22.7 Å². The highest BCUT2D eigenvalue weighted by Gasteiger charge is 2.22. The maximum absolute atomic E-state index is 14.7. The number of benzene rings is 2. The van der Waals surface area contributed by atoms with E-state index in [1.807, 2.05) is 0 Å². The molecular formula is C20H16F3N7O2. The minimum absolute atomic E-state index is 0.0299. The Morgan fingerprint density at radius 2 is 1.78 bits per heavy atom. The van der Waals surface area contributed by atoms with Crippen LogP contribution in [0.15, 0.2) is 36.4 Å². The predicted molar refractivity (Wildman–Crippen MR) is 111 cm³/mol. The summed E-state index contributed by atoms with van der Waals surface area (Å²) < 4.78 is 48.5. The lowest BCUT2D eigenvalue weighted by atomic mass is 10.1. The Hall–Kier alpha value is -4.35. The maximum atomic E-state index is 14.7. The van der Waals surface area contributed by atoms with Crippen LogP contribution in [0.5, 0.6) is 0 Å². The van der Waals surface area contributed by atoms with Gasteiger partial charge in [-0.15, -0.1) is 0 Å². The highest BCUT2D eigenvalue weighted by atomic mass is 19.1. The van der Waals surface area contributed by atoms with Crippen molar-refractivity contribution in [2.75, 3.05) is 23.9 Å². The third-order valence-corrected chi connectivity index (χ3v) is 4.63. The molecule has 5 N–H and O–H groups in total. The van der Waals surface area contributed by atoms with Crippen molar-refractivity contribution >= 4 is 34.3 Å². The quantitative estimate of drug-likeness (QED) is 0.441. The summed E-state index contributed by atoms with van der Waals surface area (Å²) in [6, 6.07) is 7.66. The number of carbonyl (C=O) groups is 1. The molecule has 0 unspecified atom stereocenters. The summed E-state index contributed by atoms with van der Waals surface area (Å²) in [5.41, 5.74) is 11.8. The Balaban J connectivity index is 1.88. The second-order valence-electron chi connectivity index (χ2n) is 6.69. The Bertz CT molecular complexity index is 1330. The summed E-state index contributed by atoms with van der Waals surface area (Å²) in [7, 11) is 1.15. The molecule has 2 heterocycles. The number of carbonyl (C=O) groups excluding carboxylic acids is 1. The lowest BCUT2D eigenvalue weighted by molar-refractivity contribution is 0.187. The number of fused-ring (bicyclic) bond motifs is 1. The van der Waals surface area contributed by atoms with E-state index >= 15 is 0 Å². The molecule has 0 saturated carbocycles. The SMILES string of the molecule is COC(=O)Nc1c(N)nc(-c2nn(Cc3ccccc3F)c3c(F)cc(F)cc23)nc1N. The van der Waals surface area contributed by atoms with Crippen molar-refractivity contribution in [2.45, 2.75) is 6.54 Å². The molecule has 0 aliphatic rings. The van der Waals surface area contributed by atoms with E-state index in [1.54, 1.807) is 6.07 Å². The van der Waals surface area contributed by atoms with Crippen molar-refractivity contribution in [1.29, 1.82) is 0 Å². The molecule has 0 aliphatic carbocycles. The van der Waals surface area contributed by atoms with Crippen LogP contribution in [-0.4, -0.2) is 33.0 Å². The number of hydrogen-bond acceptors (Lipinski definition) is 7. The van der Waals surface area contributed by atoms with Gasteiger partial charge in [-0.3, -0.25) is 10.00 Å². The lowest BCUT2D eigenvalue weighted by Gasteiger charge is -2.10. The van der Waals surface area contributed by atoms with Crippen LogP contribution < -0.4 is 16.8 Å². The van der Waals surface area contributed by atoms with Crippen LogP contribution in [0.2, 0.25) is 0 Å². The van der Waals surface area contributed by atoms with Crippen LogP contribution in [0.25, 0.3) is 22.4 Å². The molecule has 0 radical (unpaired) electrons. The van der Waals surface area contributed by atoms with E-state index in [-0.39, 0.29) is 51.9 Å².